The number of unbranched alkanes of at least 4 members (excludes halogenated alkanes) is 1. The summed E-state index contributed by atoms with van der Waals surface area (Å²) >= 11 is 0. The molecule has 2 fully saturated rings. The number of carbonyl (C=O) groups is 4. The number of hydrogen-bond acceptors (Lipinski definition) is 16. The molecule has 2 unspecified atom stereocenters. The molecule has 2 aliphatic heterocycles. The van der Waals surface area contributed by atoms with E-state index in [9.17, 15) is 47.9 Å². The Morgan fingerprint density at radius 3 is 1.23 bits per heavy atom. The standard InChI is InChI=1S/C36H56N10O16/c1-7-10-18-61-25(47)11-14-39-31(51)38(13-8-2)32(52)40(33(39)53)15-12-26(48)62-20-17-42-30(50)37(9-3)29(49)41(34(42)54)16-19-60-24-46-28-27(44(22-58-5)36(46)56)43(21-57-4)35(55)45(28)23-59-6/h27-28H,7-24H2,1-6H3. The molecule has 62 heavy (non-hydrogen) atoms. The van der Waals surface area contributed by atoms with Crippen molar-refractivity contribution in [3.05, 3.63) is 62.9 Å². The van der Waals surface area contributed by atoms with Crippen molar-refractivity contribution in [1.82, 2.24) is 47.0 Å². The summed E-state index contributed by atoms with van der Waals surface area (Å²) in [4.78, 5) is 136. The monoisotopic (exact) mass is 884 g/mol. The minimum absolute atomic E-state index is 0.0295. The molecule has 346 valence electrons. The second-order valence-electron chi connectivity index (χ2n) is 14.1. The van der Waals surface area contributed by atoms with Crippen LogP contribution in [-0.4, -0.2) is 151 Å². The number of ether oxygens (including phenoxy) is 6. The fourth-order valence-corrected chi connectivity index (χ4v) is 6.97. The van der Waals surface area contributed by atoms with Crippen LogP contribution in [0.2, 0.25) is 0 Å². The zero-order valence-electron chi connectivity index (χ0n) is 35.9. The number of esters is 2. The summed E-state index contributed by atoms with van der Waals surface area (Å²) in [6, 6.07) is -1.00. The van der Waals surface area contributed by atoms with E-state index in [2.05, 4.69) is 0 Å². The second-order valence-corrected chi connectivity index (χ2v) is 14.1. The Balaban J connectivity index is 1.43. The van der Waals surface area contributed by atoms with Crippen molar-refractivity contribution in [2.24, 2.45) is 0 Å². The topological polar surface area (TPSA) is 269 Å². The fraction of sp³-hybridized carbons (Fsp3) is 0.722. The normalized spacial score (nSPS) is 16.2. The van der Waals surface area contributed by atoms with Crippen LogP contribution in [0.15, 0.2) is 28.8 Å². The highest BCUT2D eigenvalue weighted by molar-refractivity contribution is 5.85. The number of aromatic nitrogens is 6. The van der Waals surface area contributed by atoms with Gasteiger partial charge in [-0.25, -0.2) is 65.8 Å². The molecule has 26 nitrogen and oxygen atoms in total. The first-order valence-corrected chi connectivity index (χ1v) is 20.1. The Kier molecular flexibility index (Phi) is 18.0. The van der Waals surface area contributed by atoms with Gasteiger partial charge in [-0.15, -0.1) is 0 Å². The van der Waals surface area contributed by atoms with Crippen molar-refractivity contribution in [3.8, 4) is 0 Å². The van der Waals surface area contributed by atoms with E-state index in [4.69, 9.17) is 28.4 Å². The Hall–Kier alpha value is -5.86. The van der Waals surface area contributed by atoms with Gasteiger partial charge in [0, 0.05) is 47.5 Å². The highest BCUT2D eigenvalue weighted by Gasteiger charge is 2.59. The zero-order chi connectivity index (χ0) is 45.7. The fourth-order valence-electron chi connectivity index (χ4n) is 6.97. The summed E-state index contributed by atoms with van der Waals surface area (Å²) in [5, 5.41) is 0. The Labute approximate surface area is 353 Å². The first-order chi connectivity index (χ1) is 29.7. The molecule has 4 heterocycles. The first-order valence-electron chi connectivity index (χ1n) is 20.1. The molecule has 0 spiro atoms. The van der Waals surface area contributed by atoms with Crippen molar-refractivity contribution in [1.29, 1.82) is 0 Å². The van der Waals surface area contributed by atoms with Gasteiger partial charge in [-0.05, 0) is 19.8 Å². The van der Waals surface area contributed by atoms with Crippen molar-refractivity contribution < 1.29 is 47.6 Å². The third-order valence-corrected chi connectivity index (χ3v) is 9.97. The lowest BCUT2D eigenvalue weighted by atomic mass is 10.3. The lowest BCUT2D eigenvalue weighted by molar-refractivity contribution is -0.145. The summed E-state index contributed by atoms with van der Waals surface area (Å²) in [6.07, 6.45) is -0.711. The minimum atomic E-state index is -1.03. The predicted octanol–water partition coefficient (Wildman–Crippen LogP) is -2.63. The van der Waals surface area contributed by atoms with Gasteiger partial charge >= 0.3 is 58.1 Å². The van der Waals surface area contributed by atoms with Crippen molar-refractivity contribution in [2.75, 3.05) is 68.1 Å². The maximum absolute atomic E-state index is 13.5. The molecule has 2 aliphatic rings. The van der Waals surface area contributed by atoms with Crippen LogP contribution in [0.3, 0.4) is 0 Å². The van der Waals surface area contributed by atoms with Crippen LogP contribution in [-0.2, 0) is 77.3 Å². The van der Waals surface area contributed by atoms with Crippen LogP contribution in [0.4, 0.5) is 9.59 Å². The molecule has 4 rings (SSSR count). The van der Waals surface area contributed by atoms with Gasteiger partial charge in [-0.2, -0.15) is 0 Å². The maximum atomic E-state index is 13.5. The highest BCUT2D eigenvalue weighted by atomic mass is 16.5. The molecule has 0 saturated carbocycles. The summed E-state index contributed by atoms with van der Waals surface area (Å²) in [5.41, 5.74) is -5.81. The number of amides is 4. The second kappa shape index (κ2) is 22.8. The molecule has 0 aliphatic carbocycles. The van der Waals surface area contributed by atoms with Gasteiger partial charge in [0.1, 0.15) is 33.5 Å². The van der Waals surface area contributed by atoms with Gasteiger partial charge in [-0.3, -0.25) is 29.2 Å². The highest BCUT2D eigenvalue weighted by Crippen LogP contribution is 2.34. The van der Waals surface area contributed by atoms with Gasteiger partial charge in [0.15, 0.2) is 12.3 Å². The third kappa shape index (κ3) is 10.6. The van der Waals surface area contributed by atoms with Gasteiger partial charge < -0.3 is 28.4 Å². The van der Waals surface area contributed by atoms with Crippen LogP contribution in [0, 0.1) is 0 Å². The molecule has 2 saturated heterocycles. The number of nitrogens with zero attached hydrogens (tertiary/aromatic N) is 10. The van der Waals surface area contributed by atoms with Crippen LogP contribution >= 0.6 is 0 Å². The summed E-state index contributed by atoms with van der Waals surface area (Å²) in [7, 11) is 4.17. The van der Waals surface area contributed by atoms with Crippen molar-refractivity contribution >= 4 is 24.0 Å². The minimum Gasteiger partial charge on any atom is -0.466 e. The van der Waals surface area contributed by atoms with Gasteiger partial charge in [0.25, 0.3) is 0 Å². The Bertz CT molecular complexity index is 2270. The lowest BCUT2D eigenvalue weighted by Crippen LogP contribution is -2.55. The van der Waals surface area contributed by atoms with Crippen LogP contribution in [0.1, 0.15) is 52.9 Å². The van der Waals surface area contributed by atoms with Crippen LogP contribution < -0.4 is 34.1 Å². The molecule has 2 atom stereocenters. The van der Waals surface area contributed by atoms with Crippen LogP contribution in [0.25, 0.3) is 0 Å². The smallest absolute Gasteiger partial charge is 0.336 e. The van der Waals surface area contributed by atoms with E-state index in [0.717, 1.165) is 24.7 Å². The summed E-state index contributed by atoms with van der Waals surface area (Å²) < 4.78 is 36.2. The van der Waals surface area contributed by atoms with E-state index in [1.54, 1.807) is 6.92 Å². The molecule has 4 amide bonds. The third-order valence-electron chi connectivity index (χ3n) is 9.97. The zero-order valence-corrected chi connectivity index (χ0v) is 35.9. The largest absolute Gasteiger partial charge is 0.466 e. The van der Waals surface area contributed by atoms with E-state index in [1.807, 2.05) is 6.92 Å². The molecule has 0 N–H and O–H groups in total. The average Bonchev–Trinajstić information content (AvgIpc) is 3.65. The molecule has 0 radical (unpaired) electrons. The SMILES string of the molecule is CCCCOC(=O)CCn1c(=O)n(CCC)c(=O)n(CCC(=O)OCCn2c(=O)n(CC)c(=O)n(CCOCN3C(=O)N(COC)C4C3N(COC)C(=O)N4COC)c2=O)c1=O. The quantitative estimate of drug-likeness (QED) is 0.0691. The van der Waals surface area contributed by atoms with E-state index >= 15 is 0 Å². The Morgan fingerprint density at radius 2 is 0.823 bits per heavy atom. The molecule has 0 bridgehead atoms. The van der Waals surface area contributed by atoms with Crippen LogP contribution in [0.5, 0.6) is 0 Å². The van der Waals surface area contributed by atoms with E-state index < -0.39 is 96.6 Å². The number of urea groups is 2. The number of rotatable bonds is 26. The van der Waals surface area contributed by atoms with E-state index in [0.29, 0.717) is 22.0 Å². The molecule has 0 aromatic carbocycles. The molecule has 2 aromatic heterocycles. The number of hydrogen-bond donors (Lipinski definition) is 0. The number of methoxy groups -OCH3 is 3. The number of fused-ring (bicyclic) bond motifs is 1. The summed E-state index contributed by atoms with van der Waals surface area (Å²) in [5.74, 6) is -1.54. The van der Waals surface area contributed by atoms with E-state index in [1.165, 1.54) is 47.9 Å². The first kappa shape index (κ1) is 48.8. The molecular formula is C36H56N10O16. The number of carbonyl (C=O) groups excluding carboxylic acids is 4. The molecule has 26 heteroatoms. The summed E-state index contributed by atoms with van der Waals surface area (Å²) in [6.45, 7) is 1.84. The van der Waals surface area contributed by atoms with Gasteiger partial charge in [-0.1, -0.05) is 20.3 Å². The van der Waals surface area contributed by atoms with Gasteiger partial charge in [0.05, 0.1) is 39.1 Å². The van der Waals surface area contributed by atoms with Crippen molar-refractivity contribution in [2.45, 2.75) is 104 Å². The van der Waals surface area contributed by atoms with E-state index in [-0.39, 0.29) is 72.7 Å². The van der Waals surface area contributed by atoms with Gasteiger partial charge in [0.2, 0.25) is 0 Å². The maximum Gasteiger partial charge on any atom is 0.336 e. The Morgan fingerprint density at radius 1 is 0.452 bits per heavy atom. The molecular weight excluding hydrogens is 828 g/mol. The van der Waals surface area contributed by atoms with Crippen molar-refractivity contribution in [3.63, 3.8) is 0 Å². The average molecular weight is 885 g/mol. The predicted molar refractivity (Wildman–Crippen MR) is 213 cm³/mol. The lowest BCUT2D eigenvalue weighted by Gasteiger charge is -2.28. The molecule has 2 aromatic rings.